The van der Waals surface area contributed by atoms with Crippen LogP contribution in [0.15, 0.2) is 45.9 Å². The molecule has 11 nitrogen and oxygen atoms in total. The summed E-state index contributed by atoms with van der Waals surface area (Å²) in [5.41, 5.74) is 3.19. The number of nitro groups is 1. The average Bonchev–Trinajstić information content (AvgIpc) is 3.22. The number of fused-ring (bicyclic) bond motifs is 1. The summed E-state index contributed by atoms with van der Waals surface area (Å²) in [6.45, 7) is 1.91. The van der Waals surface area contributed by atoms with Crippen molar-refractivity contribution in [3.05, 3.63) is 61.4 Å². The molecule has 0 unspecified atom stereocenters. The van der Waals surface area contributed by atoms with Crippen molar-refractivity contribution in [1.82, 2.24) is 5.43 Å². The molecule has 1 amide bonds. The zero-order chi connectivity index (χ0) is 24.0. The molecule has 0 aliphatic carbocycles. The molecule has 3 aromatic rings. The predicted octanol–water partition coefficient (Wildman–Crippen LogP) is 3.66. The standard InChI is InChI=1S/C21H18IN3O8/c1-3-31-17-7-12(6-15(22)20(17)32-11-19(26)30-2)10-23-24-21(27)18-9-13-8-14(25(28)29)4-5-16(13)33-18/h4-10H,3,11H2,1-2H3,(H,24,27)/b23-10+. The summed E-state index contributed by atoms with van der Waals surface area (Å²) in [4.78, 5) is 34.1. The molecule has 0 aliphatic heterocycles. The van der Waals surface area contributed by atoms with Crippen molar-refractivity contribution in [2.45, 2.75) is 6.92 Å². The Morgan fingerprint density at radius 3 is 2.73 bits per heavy atom. The third kappa shape index (κ3) is 5.97. The molecule has 0 saturated heterocycles. The summed E-state index contributed by atoms with van der Waals surface area (Å²) in [6.07, 6.45) is 1.40. The van der Waals surface area contributed by atoms with Crippen LogP contribution in [0.5, 0.6) is 11.5 Å². The molecule has 1 N–H and O–H groups in total. The second-order valence-electron chi connectivity index (χ2n) is 6.42. The Balaban J connectivity index is 1.73. The van der Waals surface area contributed by atoms with Crippen LogP contribution in [0.2, 0.25) is 0 Å². The van der Waals surface area contributed by atoms with Gasteiger partial charge >= 0.3 is 11.9 Å². The van der Waals surface area contributed by atoms with Gasteiger partial charge in [0.1, 0.15) is 5.58 Å². The lowest BCUT2D eigenvalue weighted by molar-refractivity contribution is -0.384. The van der Waals surface area contributed by atoms with E-state index in [1.807, 2.05) is 22.6 Å². The van der Waals surface area contributed by atoms with Crippen LogP contribution < -0.4 is 14.9 Å². The van der Waals surface area contributed by atoms with Gasteiger partial charge in [-0.2, -0.15) is 5.10 Å². The molecule has 0 aliphatic rings. The van der Waals surface area contributed by atoms with Crippen molar-refractivity contribution in [3.63, 3.8) is 0 Å². The number of nitrogens with one attached hydrogen (secondary N) is 1. The Hall–Kier alpha value is -3.68. The highest BCUT2D eigenvalue weighted by molar-refractivity contribution is 14.1. The Labute approximate surface area is 201 Å². The molecule has 0 fully saturated rings. The van der Waals surface area contributed by atoms with Crippen LogP contribution in [-0.4, -0.2) is 43.3 Å². The molecule has 12 heteroatoms. The van der Waals surface area contributed by atoms with Gasteiger partial charge in [0.15, 0.2) is 23.9 Å². The van der Waals surface area contributed by atoms with Crippen molar-refractivity contribution >= 4 is 57.3 Å². The number of nitro benzene ring substituents is 1. The van der Waals surface area contributed by atoms with Crippen molar-refractivity contribution in [1.29, 1.82) is 0 Å². The summed E-state index contributed by atoms with van der Waals surface area (Å²) in [6, 6.07) is 8.81. The number of carbonyl (C=O) groups excluding carboxylic acids is 2. The molecule has 0 spiro atoms. The molecule has 1 aromatic heterocycles. The largest absolute Gasteiger partial charge is 0.490 e. The van der Waals surface area contributed by atoms with Gasteiger partial charge in [-0.25, -0.2) is 10.2 Å². The highest BCUT2D eigenvalue weighted by atomic mass is 127. The minimum Gasteiger partial charge on any atom is -0.490 e. The van der Waals surface area contributed by atoms with Gasteiger partial charge in [-0.05, 0) is 59.3 Å². The molecule has 1 heterocycles. The van der Waals surface area contributed by atoms with Gasteiger partial charge in [-0.1, -0.05) is 0 Å². The fraction of sp³-hybridized carbons (Fsp3) is 0.190. The number of hydrazone groups is 1. The van der Waals surface area contributed by atoms with Gasteiger partial charge in [0, 0.05) is 17.5 Å². The van der Waals surface area contributed by atoms with E-state index in [0.717, 1.165) is 0 Å². The quantitative estimate of drug-likeness (QED) is 0.136. The molecular formula is C21H18IN3O8. The molecule has 2 aromatic carbocycles. The summed E-state index contributed by atoms with van der Waals surface area (Å²) in [5, 5.41) is 15.2. The highest BCUT2D eigenvalue weighted by Crippen LogP contribution is 2.34. The number of non-ortho nitro benzene ring substituents is 1. The number of rotatable bonds is 9. The van der Waals surface area contributed by atoms with E-state index in [-0.39, 0.29) is 18.1 Å². The number of amides is 1. The molecule has 172 valence electrons. The second kappa shape index (κ2) is 10.8. The monoisotopic (exact) mass is 567 g/mol. The van der Waals surface area contributed by atoms with Crippen molar-refractivity contribution in [2.24, 2.45) is 5.10 Å². The third-order valence-electron chi connectivity index (χ3n) is 4.21. The zero-order valence-corrected chi connectivity index (χ0v) is 19.7. The van der Waals surface area contributed by atoms with E-state index < -0.39 is 16.8 Å². The fourth-order valence-corrected chi connectivity index (χ4v) is 3.51. The normalized spacial score (nSPS) is 10.9. The van der Waals surface area contributed by atoms with Gasteiger partial charge in [0.25, 0.3) is 5.69 Å². The van der Waals surface area contributed by atoms with Crippen LogP contribution in [0, 0.1) is 13.7 Å². The lowest BCUT2D eigenvalue weighted by atomic mass is 10.2. The Morgan fingerprint density at radius 1 is 1.24 bits per heavy atom. The van der Waals surface area contributed by atoms with Gasteiger partial charge in [-0.15, -0.1) is 0 Å². The minimum absolute atomic E-state index is 0.0428. The van der Waals surface area contributed by atoms with E-state index in [0.29, 0.717) is 38.2 Å². The van der Waals surface area contributed by atoms with E-state index in [4.69, 9.17) is 13.9 Å². The SMILES string of the molecule is CCOc1cc(/C=N/NC(=O)c2cc3cc([N+](=O)[O-])ccc3o2)cc(I)c1OCC(=O)OC. The number of ether oxygens (including phenoxy) is 3. The van der Waals surface area contributed by atoms with Gasteiger partial charge in [0.2, 0.25) is 0 Å². The lowest BCUT2D eigenvalue weighted by Crippen LogP contribution is -2.16. The van der Waals surface area contributed by atoms with Crippen molar-refractivity contribution in [2.75, 3.05) is 20.3 Å². The summed E-state index contributed by atoms with van der Waals surface area (Å²) >= 11 is 2.03. The fourth-order valence-electron chi connectivity index (χ4n) is 2.73. The van der Waals surface area contributed by atoms with Gasteiger partial charge in [-0.3, -0.25) is 14.9 Å². The summed E-state index contributed by atoms with van der Waals surface area (Å²) < 4.78 is 21.8. The molecule has 0 bridgehead atoms. The van der Waals surface area contributed by atoms with Crippen LogP contribution in [0.3, 0.4) is 0 Å². The van der Waals surface area contributed by atoms with Crippen LogP contribution >= 0.6 is 22.6 Å². The Bertz CT molecular complexity index is 1240. The molecule has 0 saturated carbocycles. The maximum absolute atomic E-state index is 12.3. The van der Waals surface area contributed by atoms with E-state index in [9.17, 15) is 19.7 Å². The molecule has 3 rings (SSSR count). The van der Waals surface area contributed by atoms with Crippen LogP contribution in [0.25, 0.3) is 11.0 Å². The maximum atomic E-state index is 12.3. The zero-order valence-electron chi connectivity index (χ0n) is 17.5. The molecular weight excluding hydrogens is 549 g/mol. The summed E-state index contributed by atoms with van der Waals surface area (Å²) in [5.74, 6) is -0.399. The third-order valence-corrected chi connectivity index (χ3v) is 5.01. The topological polar surface area (TPSA) is 142 Å². The Morgan fingerprint density at radius 2 is 2.03 bits per heavy atom. The van der Waals surface area contributed by atoms with Gasteiger partial charge < -0.3 is 18.6 Å². The number of halogens is 1. The lowest BCUT2D eigenvalue weighted by Gasteiger charge is -2.13. The van der Waals surface area contributed by atoms with E-state index in [1.165, 1.54) is 37.6 Å². The highest BCUT2D eigenvalue weighted by Gasteiger charge is 2.16. The van der Waals surface area contributed by atoms with Crippen molar-refractivity contribution in [3.8, 4) is 11.5 Å². The van der Waals surface area contributed by atoms with Crippen LogP contribution in [-0.2, 0) is 9.53 Å². The first kappa shape index (κ1) is 24.0. The smallest absolute Gasteiger partial charge is 0.343 e. The van der Waals surface area contributed by atoms with Crippen LogP contribution in [0.1, 0.15) is 23.0 Å². The number of furan rings is 1. The number of hydrogen-bond donors (Lipinski definition) is 1. The van der Waals surface area contributed by atoms with E-state index >= 15 is 0 Å². The first-order valence-electron chi connectivity index (χ1n) is 9.49. The molecule has 0 radical (unpaired) electrons. The number of benzene rings is 2. The predicted molar refractivity (Wildman–Crippen MR) is 126 cm³/mol. The molecule has 0 atom stereocenters. The van der Waals surface area contributed by atoms with E-state index in [2.05, 4.69) is 15.3 Å². The number of methoxy groups -OCH3 is 1. The average molecular weight is 567 g/mol. The molecule has 33 heavy (non-hydrogen) atoms. The number of carbonyl (C=O) groups is 2. The van der Waals surface area contributed by atoms with E-state index in [1.54, 1.807) is 19.1 Å². The first-order valence-corrected chi connectivity index (χ1v) is 10.6. The number of hydrogen-bond acceptors (Lipinski definition) is 9. The second-order valence-corrected chi connectivity index (χ2v) is 7.58. The number of nitrogens with zero attached hydrogens (tertiary/aromatic N) is 2. The number of esters is 1. The first-order chi connectivity index (χ1) is 15.8. The Kier molecular flexibility index (Phi) is 7.82. The van der Waals surface area contributed by atoms with Crippen molar-refractivity contribution < 1.29 is 33.1 Å². The van der Waals surface area contributed by atoms with Crippen LogP contribution in [0.4, 0.5) is 5.69 Å². The van der Waals surface area contributed by atoms with Gasteiger partial charge in [0.05, 0.1) is 28.4 Å². The maximum Gasteiger partial charge on any atom is 0.343 e. The summed E-state index contributed by atoms with van der Waals surface area (Å²) in [7, 11) is 1.27. The minimum atomic E-state index is -0.622.